The third kappa shape index (κ3) is 3.15. The Balaban J connectivity index is 2.21. The highest BCUT2D eigenvalue weighted by molar-refractivity contribution is 6.96. The second-order valence-corrected chi connectivity index (χ2v) is 7.59. The first-order chi connectivity index (χ1) is 11.3. The van der Waals surface area contributed by atoms with Crippen LogP contribution < -0.4 is 25.0 Å². The molecule has 2 nitrogen and oxygen atoms in total. The van der Waals surface area contributed by atoms with Crippen molar-refractivity contribution in [1.82, 2.24) is 0 Å². The average Bonchev–Trinajstić information content (AvgIpc) is 2.63. The van der Waals surface area contributed by atoms with Gasteiger partial charge in [-0.15, -0.1) is 0 Å². The van der Waals surface area contributed by atoms with Gasteiger partial charge in [0.15, 0.2) is 20.3 Å². The summed E-state index contributed by atoms with van der Waals surface area (Å²) in [6, 6.07) is 27.4. The van der Waals surface area contributed by atoms with Crippen molar-refractivity contribution in [3.8, 4) is 11.5 Å². The van der Waals surface area contributed by atoms with E-state index in [2.05, 4.69) is 66.7 Å². The Kier molecular flexibility index (Phi) is 4.79. The lowest BCUT2D eigenvalue weighted by atomic mass is 10.3. The molecule has 0 aliphatic carbocycles. The molecule has 3 rings (SSSR count). The molecular weight excluding hydrogens is 300 g/mol. The second kappa shape index (κ2) is 7.16. The van der Waals surface area contributed by atoms with Crippen LogP contribution in [0.1, 0.15) is 0 Å². The van der Waals surface area contributed by atoms with Crippen molar-refractivity contribution >= 4 is 24.4 Å². The summed E-state index contributed by atoms with van der Waals surface area (Å²) < 4.78 is 11.2. The van der Waals surface area contributed by atoms with E-state index in [-0.39, 0.29) is 0 Å². The topological polar surface area (TPSA) is 18.5 Å². The van der Waals surface area contributed by atoms with Gasteiger partial charge in [-0.2, -0.15) is 0 Å². The van der Waals surface area contributed by atoms with Crippen molar-refractivity contribution in [3.05, 3.63) is 78.9 Å². The lowest BCUT2D eigenvalue weighted by Gasteiger charge is -2.20. The van der Waals surface area contributed by atoms with Crippen LogP contribution in [-0.4, -0.2) is 23.0 Å². The largest absolute Gasteiger partial charge is 0.493 e. The molecule has 3 aromatic rings. The molecule has 0 aromatic heterocycles. The van der Waals surface area contributed by atoms with Gasteiger partial charge in [-0.1, -0.05) is 83.2 Å². The van der Waals surface area contributed by atoms with Gasteiger partial charge in [0, 0.05) is 0 Å². The zero-order chi connectivity index (χ0) is 16.1. The Labute approximate surface area is 138 Å². The fraction of sp³-hybridized carbons (Fsp3) is 0.100. The molecular formula is C20H19O2Si. The predicted molar refractivity (Wildman–Crippen MR) is 97.1 cm³/mol. The molecule has 1 radical (unpaired) electrons. The molecule has 3 aromatic carbocycles. The molecule has 0 spiro atoms. The average molecular weight is 319 g/mol. The van der Waals surface area contributed by atoms with Crippen LogP contribution in [0.15, 0.2) is 78.9 Å². The van der Waals surface area contributed by atoms with Gasteiger partial charge in [-0.25, -0.2) is 0 Å². The van der Waals surface area contributed by atoms with Crippen LogP contribution in [0.25, 0.3) is 0 Å². The van der Waals surface area contributed by atoms with Crippen LogP contribution in [0.3, 0.4) is 0 Å². The van der Waals surface area contributed by atoms with E-state index in [9.17, 15) is 0 Å². The minimum Gasteiger partial charge on any atom is -0.493 e. The summed E-state index contributed by atoms with van der Waals surface area (Å²) >= 11 is 0. The van der Waals surface area contributed by atoms with Gasteiger partial charge < -0.3 is 9.47 Å². The third-order valence-electron chi connectivity index (χ3n) is 3.80. The van der Waals surface area contributed by atoms with Crippen LogP contribution in [0.2, 0.25) is 0 Å². The van der Waals surface area contributed by atoms with E-state index >= 15 is 0 Å². The quantitative estimate of drug-likeness (QED) is 0.530. The van der Waals surface area contributed by atoms with Gasteiger partial charge >= 0.3 is 0 Å². The Bertz CT molecular complexity index is 718. The molecule has 0 amide bonds. The molecule has 0 saturated heterocycles. The molecule has 0 bridgehead atoms. The number of para-hydroxylation sites is 1. The van der Waals surface area contributed by atoms with E-state index in [1.807, 2.05) is 12.1 Å². The lowest BCUT2D eigenvalue weighted by Crippen LogP contribution is -2.52. The summed E-state index contributed by atoms with van der Waals surface area (Å²) in [5.74, 6) is 1.61. The van der Waals surface area contributed by atoms with Crippen LogP contribution in [0.4, 0.5) is 0 Å². The monoisotopic (exact) mass is 319 g/mol. The summed E-state index contributed by atoms with van der Waals surface area (Å²) in [6.45, 7) is 0. The minimum atomic E-state index is -1.16. The Morgan fingerprint density at radius 2 is 1.17 bits per heavy atom. The van der Waals surface area contributed by atoms with Gasteiger partial charge in [0.25, 0.3) is 0 Å². The Morgan fingerprint density at radius 3 is 1.65 bits per heavy atom. The van der Waals surface area contributed by atoms with Gasteiger partial charge in [0.2, 0.25) is 0 Å². The first-order valence-electron chi connectivity index (χ1n) is 7.54. The fourth-order valence-corrected chi connectivity index (χ4v) is 5.49. The van der Waals surface area contributed by atoms with Gasteiger partial charge in [0.1, 0.15) is 0 Å². The molecule has 0 saturated carbocycles. The maximum absolute atomic E-state index is 5.69. The van der Waals surface area contributed by atoms with E-state index in [0.717, 1.165) is 11.5 Å². The number of benzene rings is 3. The zero-order valence-electron chi connectivity index (χ0n) is 13.3. The van der Waals surface area contributed by atoms with Crippen LogP contribution in [0.5, 0.6) is 11.5 Å². The Hall–Kier alpha value is -2.52. The number of methoxy groups -OCH3 is 2. The summed E-state index contributed by atoms with van der Waals surface area (Å²) in [7, 11) is 2.23. The highest BCUT2D eigenvalue weighted by Crippen LogP contribution is 2.24. The zero-order valence-corrected chi connectivity index (χ0v) is 14.3. The lowest BCUT2D eigenvalue weighted by molar-refractivity contribution is 0.357. The highest BCUT2D eigenvalue weighted by atomic mass is 28.3. The van der Waals surface area contributed by atoms with Crippen LogP contribution in [-0.2, 0) is 0 Å². The maximum atomic E-state index is 5.69. The molecule has 0 aliphatic heterocycles. The smallest absolute Gasteiger partial charge is 0.160 e. The van der Waals surface area contributed by atoms with E-state index < -0.39 is 8.80 Å². The van der Waals surface area contributed by atoms with Crippen molar-refractivity contribution in [3.63, 3.8) is 0 Å². The van der Waals surface area contributed by atoms with Crippen molar-refractivity contribution in [1.29, 1.82) is 0 Å². The van der Waals surface area contributed by atoms with Gasteiger partial charge in [0.05, 0.1) is 14.2 Å². The first kappa shape index (κ1) is 15.4. The summed E-state index contributed by atoms with van der Waals surface area (Å²) in [5.41, 5.74) is 0. The number of hydrogen-bond acceptors (Lipinski definition) is 2. The number of rotatable bonds is 5. The molecule has 0 fully saturated rings. The minimum absolute atomic E-state index is 0.777. The second-order valence-electron chi connectivity index (χ2n) is 5.15. The summed E-state index contributed by atoms with van der Waals surface area (Å²) in [6.07, 6.45) is 0. The molecule has 0 atom stereocenters. The highest BCUT2D eigenvalue weighted by Gasteiger charge is 2.24. The summed E-state index contributed by atoms with van der Waals surface area (Å²) in [5, 5.41) is 3.86. The standard InChI is InChI=1S/C20H19O2Si/c1-21-18-14-9-15-19(20(18)22-2)23(16-10-5-3-6-11-16)17-12-7-4-8-13-17/h3-15H,1-2H3. The Morgan fingerprint density at radius 1 is 0.609 bits per heavy atom. The summed E-state index contributed by atoms with van der Waals surface area (Å²) in [4.78, 5) is 0. The molecule has 115 valence electrons. The molecule has 0 N–H and O–H groups in total. The third-order valence-corrected chi connectivity index (χ3v) is 6.55. The van der Waals surface area contributed by atoms with Crippen molar-refractivity contribution in [2.75, 3.05) is 14.2 Å². The molecule has 0 heterocycles. The number of hydrogen-bond donors (Lipinski definition) is 0. The van der Waals surface area contributed by atoms with E-state index in [1.54, 1.807) is 14.2 Å². The van der Waals surface area contributed by atoms with Crippen molar-refractivity contribution in [2.45, 2.75) is 0 Å². The van der Waals surface area contributed by atoms with Crippen LogP contribution in [0, 0.1) is 0 Å². The van der Waals surface area contributed by atoms with E-state index in [1.165, 1.54) is 15.6 Å². The maximum Gasteiger partial charge on any atom is 0.160 e. The molecule has 0 unspecified atom stereocenters. The molecule has 3 heteroatoms. The fourth-order valence-electron chi connectivity index (χ4n) is 2.77. The van der Waals surface area contributed by atoms with Crippen LogP contribution >= 0.6 is 0 Å². The number of ether oxygens (including phenoxy) is 2. The first-order valence-corrected chi connectivity index (χ1v) is 9.04. The SMILES string of the molecule is COc1cccc([Si](c2ccccc2)c2ccccc2)c1OC. The van der Waals surface area contributed by atoms with E-state index in [0.29, 0.717) is 0 Å². The normalized spacial score (nSPS) is 10.6. The van der Waals surface area contributed by atoms with Gasteiger partial charge in [-0.3, -0.25) is 0 Å². The van der Waals surface area contributed by atoms with Crippen molar-refractivity contribution in [2.24, 2.45) is 0 Å². The van der Waals surface area contributed by atoms with Gasteiger partial charge in [-0.05, 0) is 11.3 Å². The molecule has 0 aliphatic rings. The predicted octanol–water partition coefficient (Wildman–Crippen LogP) is 2.22. The van der Waals surface area contributed by atoms with Crippen molar-refractivity contribution < 1.29 is 9.47 Å². The van der Waals surface area contributed by atoms with E-state index in [4.69, 9.17) is 9.47 Å². The molecule has 23 heavy (non-hydrogen) atoms.